The number of carbonyl (C=O) groups excluding carboxylic acids is 1. The molecule has 2 aromatic rings. The van der Waals surface area contributed by atoms with Gasteiger partial charge in [0.25, 0.3) is 5.91 Å². The molecule has 0 saturated heterocycles. The van der Waals surface area contributed by atoms with Gasteiger partial charge in [-0.25, -0.2) is 0 Å². The topological polar surface area (TPSA) is 99.9 Å². The number of hydrogen-bond donors (Lipinski definition) is 1. The molecule has 0 atom stereocenters. The second-order valence-corrected chi connectivity index (χ2v) is 5.44. The van der Waals surface area contributed by atoms with Crippen molar-refractivity contribution in [2.24, 2.45) is 0 Å². The molecule has 0 unspecified atom stereocenters. The number of rotatable bonds is 5. The number of para-hydroxylation sites is 2. The number of ether oxygens (including phenoxy) is 3. The minimum absolute atomic E-state index is 0.0101. The zero-order valence-electron chi connectivity index (χ0n) is 12.9. The Kier molecular flexibility index (Phi) is 4.90. The molecule has 0 radical (unpaired) electrons. The van der Waals surface area contributed by atoms with Crippen molar-refractivity contribution < 1.29 is 23.9 Å². The minimum atomic E-state index is -0.578. The minimum Gasteiger partial charge on any atom is -0.486 e. The lowest BCUT2D eigenvalue weighted by molar-refractivity contribution is -0.385. The summed E-state index contributed by atoms with van der Waals surface area (Å²) in [5.74, 6) is 0.476. The van der Waals surface area contributed by atoms with Gasteiger partial charge >= 0.3 is 5.69 Å². The second-order valence-electron chi connectivity index (χ2n) is 5.04. The van der Waals surface area contributed by atoms with E-state index in [0.29, 0.717) is 30.4 Å². The molecule has 8 nitrogen and oxygen atoms in total. The molecule has 0 bridgehead atoms. The number of nitrogens with zero attached hydrogens (tertiary/aromatic N) is 1. The number of halogens is 1. The Bertz CT molecular complexity index is 826. The molecule has 0 aliphatic carbocycles. The summed E-state index contributed by atoms with van der Waals surface area (Å²) in [5.41, 5.74) is 0.120. The Morgan fingerprint density at radius 3 is 2.64 bits per heavy atom. The van der Waals surface area contributed by atoms with Crippen LogP contribution in [0.5, 0.6) is 17.2 Å². The Hall–Kier alpha value is -3.00. The van der Waals surface area contributed by atoms with Crippen molar-refractivity contribution in [1.82, 2.24) is 0 Å². The van der Waals surface area contributed by atoms with Crippen molar-refractivity contribution in [3.05, 3.63) is 51.5 Å². The average Bonchev–Trinajstić information content (AvgIpc) is 2.60. The van der Waals surface area contributed by atoms with Gasteiger partial charge in [0, 0.05) is 18.2 Å². The highest BCUT2D eigenvalue weighted by Crippen LogP contribution is 2.38. The van der Waals surface area contributed by atoms with E-state index in [1.807, 2.05) is 0 Å². The van der Waals surface area contributed by atoms with Crippen molar-refractivity contribution >= 4 is 28.9 Å². The van der Waals surface area contributed by atoms with Crippen molar-refractivity contribution in [3.8, 4) is 17.2 Å². The Morgan fingerprint density at radius 1 is 1.24 bits per heavy atom. The van der Waals surface area contributed by atoms with E-state index >= 15 is 0 Å². The van der Waals surface area contributed by atoms with E-state index in [1.165, 1.54) is 18.2 Å². The van der Waals surface area contributed by atoms with Gasteiger partial charge in [-0.05, 0) is 6.07 Å². The Balaban J connectivity index is 1.66. The summed E-state index contributed by atoms with van der Waals surface area (Å²) in [6.07, 6.45) is 0. The van der Waals surface area contributed by atoms with Gasteiger partial charge < -0.3 is 19.5 Å². The molecule has 0 saturated carbocycles. The van der Waals surface area contributed by atoms with Gasteiger partial charge in [-0.3, -0.25) is 14.9 Å². The van der Waals surface area contributed by atoms with Crippen LogP contribution in [0.4, 0.5) is 11.4 Å². The standard InChI is InChI=1S/C16H13ClN2O6/c17-10-7-14-15(24-6-5-23-14)8-11(10)18-16(20)9-25-13-4-2-1-3-12(13)19(21)22/h1-4,7-8H,5-6,9H2,(H,18,20). The third-order valence-corrected chi connectivity index (χ3v) is 3.64. The van der Waals surface area contributed by atoms with Crippen LogP contribution in [-0.4, -0.2) is 30.7 Å². The summed E-state index contributed by atoms with van der Waals surface area (Å²) in [6.45, 7) is 0.428. The van der Waals surface area contributed by atoms with E-state index < -0.39 is 17.4 Å². The van der Waals surface area contributed by atoms with E-state index in [2.05, 4.69) is 5.32 Å². The largest absolute Gasteiger partial charge is 0.486 e. The summed E-state index contributed by atoms with van der Waals surface area (Å²) in [6, 6.07) is 8.92. The van der Waals surface area contributed by atoms with Crippen LogP contribution in [0.3, 0.4) is 0 Å². The van der Waals surface area contributed by atoms with Crippen LogP contribution < -0.4 is 19.5 Å². The van der Waals surface area contributed by atoms with Crippen LogP contribution in [0.15, 0.2) is 36.4 Å². The van der Waals surface area contributed by atoms with Crippen molar-refractivity contribution in [3.63, 3.8) is 0 Å². The Labute approximate surface area is 147 Å². The number of nitro groups is 1. The zero-order valence-corrected chi connectivity index (χ0v) is 13.6. The lowest BCUT2D eigenvalue weighted by Crippen LogP contribution is -2.21. The summed E-state index contributed by atoms with van der Waals surface area (Å²) >= 11 is 6.11. The number of carbonyl (C=O) groups is 1. The lowest BCUT2D eigenvalue weighted by Gasteiger charge is -2.20. The second kappa shape index (κ2) is 7.27. The summed E-state index contributed by atoms with van der Waals surface area (Å²) in [5, 5.41) is 13.8. The molecule has 130 valence electrons. The molecule has 9 heteroatoms. The monoisotopic (exact) mass is 364 g/mol. The van der Waals surface area contributed by atoms with Crippen LogP contribution in [-0.2, 0) is 4.79 Å². The smallest absolute Gasteiger partial charge is 0.310 e. The molecule has 2 aromatic carbocycles. The predicted octanol–water partition coefficient (Wildman–Crippen LogP) is 3.04. The highest BCUT2D eigenvalue weighted by molar-refractivity contribution is 6.34. The molecular weight excluding hydrogens is 352 g/mol. The highest BCUT2D eigenvalue weighted by atomic mass is 35.5. The fourth-order valence-electron chi connectivity index (χ4n) is 2.22. The molecule has 0 spiro atoms. The zero-order chi connectivity index (χ0) is 17.8. The number of nitrogens with one attached hydrogen (secondary N) is 1. The van der Waals surface area contributed by atoms with Gasteiger partial charge in [-0.2, -0.15) is 0 Å². The van der Waals surface area contributed by atoms with Crippen molar-refractivity contribution in [1.29, 1.82) is 0 Å². The lowest BCUT2D eigenvalue weighted by atomic mass is 10.2. The fraction of sp³-hybridized carbons (Fsp3) is 0.188. The van der Waals surface area contributed by atoms with E-state index in [4.69, 9.17) is 25.8 Å². The number of nitro benzene ring substituents is 1. The van der Waals surface area contributed by atoms with Gasteiger partial charge in [0.2, 0.25) is 0 Å². The number of benzene rings is 2. The van der Waals surface area contributed by atoms with E-state index in [-0.39, 0.29) is 16.5 Å². The molecule has 0 aromatic heterocycles. The van der Waals surface area contributed by atoms with Crippen LogP contribution >= 0.6 is 11.6 Å². The van der Waals surface area contributed by atoms with Gasteiger partial charge in [-0.15, -0.1) is 0 Å². The number of hydrogen-bond acceptors (Lipinski definition) is 6. The predicted molar refractivity (Wildman–Crippen MR) is 89.7 cm³/mol. The highest BCUT2D eigenvalue weighted by Gasteiger charge is 2.18. The molecular formula is C16H13ClN2O6. The molecule has 1 N–H and O–H groups in total. The first-order chi connectivity index (χ1) is 12.0. The normalized spacial score (nSPS) is 12.4. The van der Waals surface area contributed by atoms with E-state index in [9.17, 15) is 14.9 Å². The van der Waals surface area contributed by atoms with Crippen LogP contribution in [0, 0.1) is 10.1 Å². The number of amides is 1. The molecule has 1 aliphatic heterocycles. The van der Waals surface area contributed by atoms with Crippen molar-refractivity contribution in [2.75, 3.05) is 25.1 Å². The van der Waals surface area contributed by atoms with E-state index in [1.54, 1.807) is 18.2 Å². The first-order valence-electron chi connectivity index (χ1n) is 7.30. The summed E-state index contributed by atoms with van der Waals surface area (Å²) in [4.78, 5) is 22.4. The van der Waals surface area contributed by atoms with Crippen LogP contribution in [0.1, 0.15) is 0 Å². The molecule has 1 amide bonds. The molecule has 1 aliphatic rings. The maximum atomic E-state index is 12.1. The van der Waals surface area contributed by atoms with Gasteiger partial charge in [0.15, 0.2) is 23.9 Å². The maximum absolute atomic E-state index is 12.1. The van der Waals surface area contributed by atoms with Crippen molar-refractivity contribution in [2.45, 2.75) is 0 Å². The SMILES string of the molecule is O=C(COc1ccccc1[N+](=O)[O-])Nc1cc2c(cc1Cl)OCCO2. The molecule has 0 fully saturated rings. The van der Waals surface area contributed by atoms with Gasteiger partial charge in [0.05, 0.1) is 15.6 Å². The quantitative estimate of drug-likeness (QED) is 0.646. The third-order valence-electron chi connectivity index (χ3n) is 3.33. The first kappa shape index (κ1) is 16.8. The number of fused-ring (bicyclic) bond motifs is 1. The molecule has 1 heterocycles. The molecule has 25 heavy (non-hydrogen) atoms. The van der Waals surface area contributed by atoms with Gasteiger partial charge in [-0.1, -0.05) is 23.7 Å². The molecule has 3 rings (SSSR count). The fourth-order valence-corrected chi connectivity index (χ4v) is 2.42. The maximum Gasteiger partial charge on any atom is 0.310 e. The van der Waals surface area contributed by atoms with Crippen LogP contribution in [0.25, 0.3) is 0 Å². The average molecular weight is 365 g/mol. The first-order valence-corrected chi connectivity index (χ1v) is 7.67. The van der Waals surface area contributed by atoms with E-state index in [0.717, 1.165) is 0 Å². The Morgan fingerprint density at radius 2 is 1.92 bits per heavy atom. The summed E-state index contributed by atoms with van der Waals surface area (Å²) in [7, 11) is 0. The van der Waals surface area contributed by atoms with Gasteiger partial charge in [0.1, 0.15) is 13.2 Å². The third kappa shape index (κ3) is 3.92. The van der Waals surface area contributed by atoms with Crippen LogP contribution in [0.2, 0.25) is 5.02 Å². The summed E-state index contributed by atoms with van der Waals surface area (Å²) < 4.78 is 16.1. The number of anilines is 1.